The molecule has 0 bridgehead atoms. The van der Waals surface area contributed by atoms with Crippen LogP contribution < -0.4 is 22.1 Å². The van der Waals surface area contributed by atoms with Crippen molar-refractivity contribution in [2.24, 2.45) is 5.73 Å². The topological polar surface area (TPSA) is 93.2 Å². The van der Waals surface area contributed by atoms with Gasteiger partial charge in [-0.2, -0.15) is 0 Å². The van der Waals surface area contributed by atoms with E-state index in [0.29, 0.717) is 16.6 Å². The standard InChI is InChI=1S/C10H16N4OS/c11-7-5-8(16-9(7)10(12)15)14-6-1-3-13-4-2-6/h5-6,13-14H,1-4,11H2,(H2,12,15). The zero-order valence-corrected chi connectivity index (χ0v) is 9.77. The molecule has 6 heteroatoms. The van der Waals surface area contributed by atoms with Crippen molar-refractivity contribution in [2.45, 2.75) is 18.9 Å². The van der Waals surface area contributed by atoms with Crippen LogP contribution in [0.5, 0.6) is 0 Å². The molecule has 1 fully saturated rings. The molecule has 88 valence electrons. The summed E-state index contributed by atoms with van der Waals surface area (Å²) in [6.07, 6.45) is 2.17. The van der Waals surface area contributed by atoms with Gasteiger partial charge in [-0.05, 0) is 32.0 Å². The molecule has 16 heavy (non-hydrogen) atoms. The van der Waals surface area contributed by atoms with E-state index in [9.17, 15) is 4.79 Å². The summed E-state index contributed by atoms with van der Waals surface area (Å²) >= 11 is 1.33. The van der Waals surface area contributed by atoms with E-state index >= 15 is 0 Å². The minimum atomic E-state index is -0.458. The fraction of sp³-hybridized carbons (Fsp3) is 0.500. The van der Waals surface area contributed by atoms with Gasteiger partial charge in [0.25, 0.3) is 5.91 Å². The molecule has 0 saturated carbocycles. The fourth-order valence-corrected chi connectivity index (χ4v) is 2.75. The molecule has 1 aliphatic heterocycles. The summed E-state index contributed by atoms with van der Waals surface area (Å²) in [5, 5.41) is 7.62. The van der Waals surface area contributed by atoms with Crippen LogP contribution >= 0.6 is 11.3 Å². The first kappa shape index (κ1) is 11.2. The van der Waals surface area contributed by atoms with Gasteiger partial charge in [0.2, 0.25) is 0 Å². The number of hydrogen-bond acceptors (Lipinski definition) is 5. The van der Waals surface area contributed by atoms with Crippen molar-refractivity contribution in [3.63, 3.8) is 0 Å². The molecular formula is C10H16N4OS. The van der Waals surface area contributed by atoms with Crippen molar-refractivity contribution in [3.05, 3.63) is 10.9 Å². The first-order valence-corrected chi connectivity index (χ1v) is 6.15. The highest BCUT2D eigenvalue weighted by Gasteiger charge is 2.16. The van der Waals surface area contributed by atoms with Gasteiger partial charge in [-0.15, -0.1) is 11.3 Å². The summed E-state index contributed by atoms with van der Waals surface area (Å²) in [5.41, 5.74) is 11.4. The number of hydrogen-bond donors (Lipinski definition) is 4. The van der Waals surface area contributed by atoms with Gasteiger partial charge < -0.3 is 22.1 Å². The second-order valence-electron chi connectivity index (χ2n) is 3.93. The number of anilines is 2. The number of primary amides is 1. The summed E-state index contributed by atoms with van der Waals surface area (Å²) in [5.74, 6) is -0.458. The van der Waals surface area contributed by atoms with Gasteiger partial charge in [0.05, 0.1) is 10.7 Å². The van der Waals surface area contributed by atoms with Crippen LogP contribution in [0, 0.1) is 0 Å². The van der Waals surface area contributed by atoms with Crippen LogP contribution in [-0.4, -0.2) is 25.0 Å². The van der Waals surface area contributed by atoms with E-state index in [-0.39, 0.29) is 0 Å². The van der Waals surface area contributed by atoms with E-state index in [2.05, 4.69) is 10.6 Å². The highest BCUT2D eigenvalue weighted by molar-refractivity contribution is 7.18. The predicted octanol–water partition coefficient (Wildman–Crippen LogP) is 0.593. The van der Waals surface area contributed by atoms with E-state index in [1.54, 1.807) is 6.07 Å². The SMILES string of the molecule is NC(=O)c1sc(NC2CCNCC2)cc1N. The number of rotatable bonds is 3. The summed E-state index contributed by atoms with van der Waals surface area (Å²) < 4.78 is 0. The molecule has 6 N–H and O–H groups in total. The van der Waals surface area contributed by atoms with Crippen LogP contribution in [0.1, 0.15) is 22.5 Å². The average molecular weight is 240 g/mol. The minimum Gasteiger partial charge on any atom is -0.397 e. The molecule has 1 saturated heterocycles. The number of carbonyl (C=O) groups is 1. The quantitative estimate of drug-likeness (QED) is 0.622. The lowest BCUT2D eigenvalue weighted by atomic mass is 10.1. The Hall–Kier alpha value is -1.27. The van der Waals surface area contributed by atoms with Crippen LogP contribution in [0.4, 0.5) is 10.7 Å². The molecule has 5 nitrogen and oxygen atoms in total. The fourth-order valence-electron chi connectivity index (χ4n) is 1.84. The highest BCUT2D eigenvalue weighted by Crippen LogP contribution is 2.29. The molecule has 0 unspecified atom stereocenters. The van der Waals surface area contributed by atoms with Crippen LogP contribution in [0.2, 0.25) is 0 Å². The molecule has 0 atom stereocenters. The summed E-state index contributed by atoms with van der Waals surface area (Å²) in [7, 11) is 0. The molecule has 0 aromatic carbocycles. The Morgan fingerprint density at radius 2 is 2.19 bits per heavy atom. The number of thiophene rings is 1. The first-order chi connectivity index (χ1) is 7.66. The Morgan fingerprint density at radius 1 is 1.50 bits per heavy atom. The van der Waals surface area contributed by atoms with Crippen molar-refractivity contribution in [2.75, 3.05) is 24.1 Å². The Kier molecular flexibility index (Phi) is 3.31. The normalized spacial score (nSPS) is 17.2. The van der Waals surface area contributed by atoms with Gasteiger partial charge in [0, 0.05) is 6.04 Å². The van der Waals surface area contributed by atoms with E-state index in [4.69, 9.17) is 11.5 Å². The lowest BCUT2D eigenvalue weighted by Crippen LogP contribution is -2.35. The van der Waals surface area contributed by atoms with Gasteiger partial charge in [0.15, 0.2) is 0 Å². The number of amides is 1. The molecule has 0 spiro atoms. The third kappa shape index (κ3) is 2.45. The van der Waals surface area contributed by atoms with E-state index in [0.717, 1.165) is 30.9 Å². The van der Waals surface area contributed by atoms with E-state index in [1.807, 2.05) is 0 Å². The molecule has 2 rings (SSSR count). The predicted molar refractivity (Wildman–Crippen MR) is 66.8 cm³/mol. The first-order valence-electron chi connectivity index (χ1n) is 5.33. The minimum absolute atomic E-state index is 0.441. The summed E-state index contributed by atoms with van der Waals surface area (Å²) in [6, 6.07) is 2.24. The lowest BCUT2D eigenvalue weighted by molar-refractivity contribution is 0.100. The number of nitrogens with one attached hydrogen (secondary N) is 2. The maximum absolute atomic E-state index is 11.0. The van der Waals surface area contributed by atoms with Crippen molar-refractivity contribution in [1.29, 1.82) is 0 Å². The van der Waals surface area contributed by atoms with E-state index < -0.39 is 5.91 Å². The average Bonchev–Trinajstić information content (AvgIpc) is 2.61. The Bertz CT molecular complexity index is 384. The third-order valence-electron chi connectivity index (χ3n) is 2.67. The Morgan fingerprint density at radius 3 is 2.75 bits per heavy atom. The smallest absolute Gasteiger partial charge is 0.260 e. The number of piperidine rings is 1. The van der Waals surface area contributed by atoms with Gasteiger partial charge in [-0.25, -0.2) is 0 Å². The van der Waals surface area contributed by atoms with Crippen LogP contribution in [0.3, 0.4) is 0 Å². The largest absolute Gasteiger partial charge is 0.397 e. The maximum atomic E-state index is 11.0. The Balaban J connectivity index is 2.03. The molecule has 0 radical (unpaired) electrons. The highest BCUT2D eigenvalue weighted by atomic mass is 32.1. The zero-order chi connectivity index (χ0) is 11.5. The molecule has 1 aromatic heterocycles. The van der Waals surface area contributed by atoms with Crippen LogP contribution in [0.25, 0.3) is 0 Å². The summed E-state index contributed by atoms with van der Waals surface area (Å²) in [4.78, 5) is 11.5. The van der Waals surface area contributed by atoms with E-state index in [1.165, 1.54) is 11.3 Å². The Labute approximate surface area is 98.2 Å². The number of nitrogen functional groups attached to an aromatic ring is 1. The number of nitrogens with two attached hydrogens (primary N) is 2. The lowest BCUT2D eigenvalue weighted by Gasteiger charge is -2.23. The maximum Gasteiger partial charge on any atom is 0.260 e. The van der Waals surface area contributed by atoms with Crippen molar-refractivity contribution < 1.29 is 4.79 Å². The van der Waals surface area contributed by atoms with Crippen molar-refractivity contribution >= 4 is 27.9 Å². The van der Waals surface area contributed by atoms with Crippen molar-refractivity contribution in [3.8, 4) is 0 Å². The molecule has 1 amide bonds. The van der Waals surface area contributed by atoms with Gasteiger partial charge in [0.1, 0.15) is 4.88 Å². The van der Waals surface area contributed by atoms with Crippen LogP contribution in [-0.2, 0) is 0 Å². The van der Waals surface area contributed by atoms with Gasteiger partial charge >= 0.3 is 0 Å². The number of carbonyl (C=O) groups excluding carboxylic acids is 1. The van der Waals surface area contributed by atoms with Crippen LogP contribution in [0.15, 0.2) is 6.07 Å². The zero-order valence-electron chi connectivity index (χ0n) is 8.95. The second-order valence-corrected chi connectivity index (χ2v) is 4.98. The van der Waals surface area contributed by atoms with Gasteiger partial charge in [-0.3, -0.25) is 4.79 Å². The molecule has 1 aromatic rings. The molecule has 0 aliphatic carbocycles. The summed E-state index contributed by atoms with van der Waals surface area (Å²) in [6.45, 7) is 2.06. The monoisotopic (exact) mass is 240 g/mol. The van der Waals surface area contributed by atoms with Crippen molar-refractivity contribution in [1.82, 2.24) is 5.32 Å². The molecule has 1 aliphatic rings. The third-order valence-corrected chi connectivity index (χ3v) is 3.77. The molecule has 2 heterocycles. The second kappa shape index (κ2) is 4.71. The van der Waals surface area contributed by atoms with Gasteiger partial charge in [-0.1, -0.05) is 0 Å². The molecular weight excluding hydrogens is 224 g/mol.